The fourth-order valence-electron chi connectivity index (χ4n) is 1.87. The minimum Gasteiger partial charge on any atom is -0.493 e. The molecule has 1 amide bonds. The van der Waals surface area contributed by atoms with Crippen molar-refractivity contribution in [2.24, 2.45) is 0 Å². The molecule has 7 heteroatoms. The van der Waals surface area contributed by atoms with Crippen LogP contribution in [-0.4, -0.2) is 22.7 Å². The highest BCUT2D eigenvalue weighted by Gasteiger charge is 2.06. The molecule has 1 aromatic carbocycles. The average molecular weight is 341 g/mol. The van der Waals surface area contributed by atoms with Crippen LogP contribution in [0.1, 0.15) is 10.8 Å². The first-order chi connectivity index (χ1) is 11.8. The van der Waals surface area contributed by atoms with E-state index in [0.29, 0.717) is 23.9 Å². The van der Waals surface area contributed by atoms with Gasteiger partial charge in [0.2, 0.25) is 11.0 Å². The number of rotatable bonds is 7. The van der Waals surface area contributed by atoms with Gasteiger partial charge in [-0.05, 0) is 30.3 Å². The summed E-state index contributed by atoms with van der Waals surface area (Å²) < 4.78 is 10.7. The fraction of sp³-hybridized carbons (Fsp3) is 0.118. The van der Waals surface area contributed by atoms with Crippen molar-refractivity contribution in [2.75, 3.05) is 11.9 Å². The Morgan fingerprint density at radius 3 is 2.88 bits per heavy atom. The second kappa shape index (κ2) is 8.07. The molecular weight excluding hydrogens is 326 g/mol. The highest BCUT2D eigenvalue weighted by molar-refractivity contribution is 7.15. The van der Waals surface area contributed by atoms with Crippen LogP contribution in [0, 0.1) is 0 Å². The number of carbonyl (C=O) groups is 1. The third-order valence-corrected chi connectivity index (χ3v) is 3.87. The van der Waals surface area contributed by atoms with Crippen molar-refractivity contribution >= 4 is 28.5 Å². The molecule has 0 radical (unpaired) electrons. The summed E-state index contributed by atoms with van der Waals surface area (Å²) in [4.78, 5) is 11.8. The summed E-state index contributed by atoms with van der Waals surface area (Å²) in [7, 11) is 0. The van der Waals surface area contributed by atoms with Crippen LogP contribution in [0.5, 0.6) is 5.75 Å². The second-order valence-electron chi connectivity index (χ2n) is 4.75. The van der Waals surface area contributed by atoms with Crippen LogP contribution in [0.2, 0.25) is 0 Å². The summed E-state index contributed by atoms with van der Waals surface area (Å²) in [6.45, 7) is 0.505. The van der Waals surface area contributed by atoms with Gasteiger partial charge in [-0.2, -0.15) is 0 Å². The summed E-state index contributed by atoms with van der Waals surface area (Å²) in [5, 5.41) is 11.9. The number of nitrogens with one attached hydrogen (secondary N) is 1. The SMILES string of the molecule is O=C(/C=C/c1ccco1)Nc1nnc(CCOc2ccccc2)s1. The van der Waals surface area contributed by atoms with Crippen molar-refractivity contribution in [3.63, 3.8) is 0 Å². The zero-order valence-electron chi connectivity index (χ0n) is 12.7. The maximum atomic E-state index is 11.8. The van der Waals surface area contributed by atoms with E-state index in [2.05, 4.69) is 15.5 Å². The third kappa shape index (κ3) is 4.79. The number of carbonyl (C=O) groups excluding carboxylic acids is 1. The Labute approximate surface area is 142 Å². The number of nitrogens with zero attached hydrogens (tertiary/aromatic N) is 2. The molecule has 24 heavy (non-hydrogen) atoms. The van der Waals surface area contributed by atoms with Gasteiger partial charge in [-0.1, -0.05) is 29.5 Å². The zero-order valence-corrected chi connectivity index (χ0v) is 13.5. The van der Waals surface area contributed by atoms with E-state index in [4.69, 9.17) is 9.15 Å². The molecule has 122 valence electrons. The Bertz CT molecular complexity index is 798. The molecule has 6 nitrogen and oxygen atoms in total. The topological polar surface area (TPSA) is 77.3 Å². The molecule has 0 spiro atoms. The molecule has 0 bridgehead atoms. The van der Waals surface area contributed by atoms with Gasteiger partial charge in [0.15, 0.2) is 0 Å². The maximum Gasteiger partial charge on any atom is 0.250 e. The van der Waals surface area contributed by atoms with Crippen LogP contribution < -0.4 is 10.1 Å². The van der Waals surface area contributed by atoms with Gasteiger partial charge in [0, 0.05) is 12.5 Å². The van der Waals surface area contributed by atoms with Crippen LogP contribution in [0.25, 0.3) is 6.08 Å². The number of benzene rings is 1. The molecule has 2 aromatic heterocycles. The normalized spacial score (nSPS) is 10.8. The molecule has 0 aliphatic carbocycles. The minimum atomic E-state index is -0.283. The van der Waals surface area contributed by atoms with Gasteiger partial charge in [-0.25, -0.2) is 0 Å². The third-order valence-electron chi connectivity index (χ3n) is 2.97. The Morgan fingerprint density at radius 1 is 1.21 bits per heavy atom. The maximum absolute atomic E-state index is 11.8. The predicted octanol–water partition coefficient (Wildman–Crippen LogP) is 3.40. The van der Waals surface area contributed by atoms with E-state index in [-0.39, 0.29) is 5.91 Å². The number of furan rings is 1. The summed E-state index contributed by atoms with van der Waals surface area (Å²) in [5.74, 6) is 1.15. The number of amides is 1. The van der Waals surface area contributed by atoms with Crippen LogP contribution in [0.4, 0.5) is 5.13 Å². The standard InChI is InChI=1S/C17H15N3O3S/c21-15(9-8-14-7-4-11-22-14)18-17-20-19-16(24-17)10-12-23-13-5-2-1-3-6-13/h1-9,11H,10,12H2,(H,18,20,21)/b9-8+. The molecule has 0 saturated carbocycles. The van der Waals surface area contributed by atoms with Crippen LogP contribution in [0.15, 0.2) is 59.2 Å². The summed E-state index contributed by atoms with van der Waals surface area (Å²) in [6.07, 6.45) is 5.15. The van der Waals surface area contributed by atoms with Crippen LogP contribution >= 0.6 is 11.3 Å². The molecule has 1 N–H and O–H groups in total. The van der Waals surface area contributed by atoms with E-state index in [9.17, 15) is 4.79 Å². The molecule has 0 atom stereocenters. The first-order valence-electron chi connectivity index (χ1n) is 7.32. The number of aromatic nitrogens is 2. The van der Waals surface area contributed by atoms with Crippen molar-refractivity contribution in [3.05, 3.63) is 65.6 Å². The zero-order chi connectivity index (χ0) is 16.6. The molecule has 0 unspecified atom stereocenters. The van der Waals surface area contributed by atoms with E-state index in [1.165, 1.54) is 17.4 Å². The number of ether oxygens (including phenoxy) is 1. The Kier molecular flexibility index (Phi) is 5.36. The Balaban J connectivity index is 1.45. The van der Waals surface area contributed by atoms with E-state index in [0.717, 1.165) is 10.8 Å². The van der Waals surface area contributed by atoms with Gasteiger partial charge in [-0.3, -0.25) is 10.1 Å². The van der Waals surface area contributed by atoms with Gasteiger partial charge in [0.1, 0.15) is 16.5 Å². The first kappa shape index (κ1) is 15.9. The number of para-hydroxylation sites is 1. The molecule has 3 rings (SSSR count). The van der Waals surface area contributed by atoms with Gasteiger partial charge >= 0.3 is 0 Å². The largest absolute Gasteiger partial charge is 0.493 e. The quantitative estimate of drug-likeness (QED) is 0.666. The highest BCUT2D eigenvalue weighted by atomic mass is 32.1. The van der Waals surface area contributed by atoms with Crippen molar-refractivity contribution in [1.29, 1.82) is 0 Å². The Morgan fingerprint density at radius 2 is 2.08 bits per heavy atom. The summed E-state index contributed by atoms with van der Waals surface area (Å²) in [6, 6.07) is 13.1. The smallest absolute Gasteiger partial charge is 0.250 e. The lowest BCUT2D eigenvalue weighted by molar-refractivity contribution is -0.111. The molecule has 2 heterocycles. The van der Waals surface area contributed by atoms with Gasteiger partial charge in [0.25, 0.3) is 0 Å². The predicted molar refractivity (Wildman–Crippen MR) is 91.9 cm³/mol. The van der Waals surface area contributed by atoms with Gasteiger partial charge in [-0.15, -0.1) is 10.2 Å². The van der Waals surface area contributed by atoms with Gasteiger partial charge < -0.3 is 9.15 Å². The number of hydrogen-bond acceptors (Lipinski definition) is 6. The van der Waals surface area contributed by atoms with Crippen molar-refractivity contribution in [3.8, 4) is 5.75 Å². The average Bonchev–Trinajstić information content (AvgIpc) is 3.26. The van der Waals surface area contributed by atoms with Crippen molar-refractivity contribution in [1.82, 2.24) is 10.2 Å². The number of anilines is 1. The summed E-state index contributed by atoms with van der Waals surface area (Å²) >= 11 is 1.33. The molecule has 0 fully saturated rings. The van der Waals surface area contributed by atoms with Crippen LogP contribution in [-0.2, 0) is 11.2 Å². The lowest BCUT2D eigenvalue weighted by atomic mass is 10.3. The lowest BCUT2D eigenvalue weighted by Crippen LogP contribution is -2.07. The van der Waals surface area contributed by atoms with E-state index >= 15 is 0 Å². The molecule has 0 aliphatic rings. The second-order valence-corrected chi connectivity index (χ2v) is 5.81. The monoisotopic (exact) mass is 341 g/mol. The van der Waals surface area contributed by atoms with Crippen molar-refractivity contribution in [2.45, 2.75) is 6.42 Å². The molecule has 0 saturated heterocycles. The molecule has 0 aliphatic heterocycles. The molecular formula is C17H15N3O3S. The van der Waals surface area contributed by atoms with E-state index < -0.39 is 0 Å². The van der Waals surface area contributed by atoms with Gasteiger partial charge in [0.05, 0.1) is 12.9 Å². The highest BCUT2D eigenvalue weighted by Crippen LogP contribution is 2.16. The summed E-state index contributed by atoms with van der Waals surface area (Å²) in [5.41, 5.74) is 0. The lowest BCUT2D eigenvalue weighted by Gasteiger charge is -2.03. The van der Waals surface area contributed by atoms with Crippen molar-refractivity contribution < 1.29 is 13.9 Å². The minimum absolute atomic E-state index is 0.283. The number of hydrogen-bond donors (Lipinski definition) is 1. The Hall–Kier alpha value is -2.93. The van der Waals surface area contributed by atoms with Crippen LogP contribution in [0.3, 0.4) is 0 Å². The first-order valence-corrected chi connectivity index (χ1v) is 8.14. The van der Waals surface area contributed by atoms with E-state index in [1.54, 1.807) is 24.5 Å². The molecule has 3 aromatic rings. The van der Waals surface area contributed by atoms with E-state index in [1.807, 2.05) is 30.3 Å². The fourth-order valence-corrected chi connectivity index (χ4v) is 2.59.